The lowest BCUT2D eigenvalue weighted by Crippen LogP contribution is -2.25. The minimum absolute atomic E-state index is 0.466. The fraction of sp³-hybridized carbons (Fsp3) is 1.00. The molecule has 0 N–H and O–H groups in total. The second kappa shape index (κ2) is 6.99. The molecule has 1 aliphatic rings. The zero-order valence-electron chi connectivity index (χ0n) is 9.66. The molecule has 1 aliphatic carbocycles. The van der Waals surface area contributed by atoms with Crippen molar-refractivity contribution in [2.45, 2.75) is 32.6 Å². The van der Waals surface area contributed by atoms with Crippen molar-refractivity contribution in [3.05, 3.63) is 20.9 Å². The first-order valence-corrected chi connectivity index (χ1v) is 5.81. The van der Waals surface area contributed by atoms with E-state index in [0.717, 1.165) is 25.7 Å². The minimum Gasteiger partial charge on any atom is -0.0937 e. The van der Waals surface area contributed by atoms with Gasteiger partial charge < -0.3 is 0 Å². The average molecular weight is 222 g/mol. The summed E-state index contributed by atoms with van der Waals surface area (Å²) in [6.45, 7) is 3.35. The molecule has 1 rings (SSSR count). The van der Waals surface area contributed by atoms with Gasteiger partial charge >= 0.3 is 0 Å². The number of hydrogen-bond donors (Lipinski definition) is 0. The van der Waals surface area contributed by atoms with Gasteiger partial charge in [-0.25, -0.2) is 0 Å². The summed E-state index contributed by atoms with van der Waals surface area (Å²) in [5.41, 5.74) is 16.6. The van der Waals surface area contributed by atoms with Crippen molar-refractivity contribution in [2.24, 2.45) is 28.0 Å². The smallest absolute Gasteiger partial charge is 0.0286 e. The van der Waals surface area contributed by atoms with E-state index in [1.807, 2.05) is 0 Å². The van der Waals surface area contributed by atoms with Gasteiger partial charge in [-0.15, -0.1) is 0 Å². The quantitative estimate of drug-likeness (QED) is 0.381. The van der Waals surface area contributed by atoms with E-state index < -0.39 is 0 Å². The van der Waals surface area contributed by atoms with Crippen molar-refractivity contribution in [3.8, 4) is 0 Å². The summed E-state index contributed by atoms with van der Waals surface area (Å²) in [5.74, 6) is 1.62. The van der Waals surface area contributed by atoms with E-state index >= 15 is 0 Å². The Labute approximate surface area is 95.3 Å². The molecule has 2 unspecified atom stereocenters. The third-order valence-electron chi connectivity index (χ3n) is 3.38. The molecule has 0 aromatic heterocycles. The molecule has 1 fully saturated rings. The molecule has 6 nitrogen and oxygen atoms in total. The van der Waals surface area contributed by atoms with Crippen LogP contribution >= 0.6 is 0 Å². The van der Waals surface area contributed by atoms with Crippen LogP contribution in [0.25, 0.3) is 20.9 Å². The Kier molecular flexibility index (Phi) is 5.54. The highest BCUT2D eigenvalue weighted by atomic mass is 15.1. The van der Waals surface area contributed by atoms with Gasteiger partial charge in [0.25, 0.3) is 0 Å². The minimum atomic E-state index is 0.466. The van der Waals surface area contributed by atoms with Crippen molar-refractivity contribution in [1.29, 1.82) is 0 Å². The Balaban J connectivity index is 2.52. The summed E-state index contributed by atoms with van der Waals surface area (Å²) in [6, 6.07) is 0. The van der Waals surface area contributed by atoms with Gasteiger partial charge in [0.15, 0.2) is 0 Å². The molecule has 0 saturated heterocycles. The first-order chi connectivity index (χ1) is 7.80. The van der Waals surface area contributed by atoms with Gasteiger partial charge in [0.2, 0.25) is 0 Å². The van der Waals surface area contributed by atoms with Crippen LogP contribution in [0, 0.1) is 17.8 Å². The van der Waals surface area contributed by atoms with Gasteiger partial charge in [-0.2, -0.15) is 0 Å². The summed E-state index contributed by atoms with van der Waals surface area (Å²) in [4.78, 5) is 5.62. The van der Waals surface area contributed by atoms with Crippen LogP contribution in [0.2, 0.25) is 0 Å². The van der Waals surface area contributed by atoms with Gasteiger partial charge in [-0.05, 0) is 48.1 Å². The zero-order chi connectivity index (χ0) is 11.8. The summed E-state index contributed by atoms with van der Waals surface area (Å²) in [6.07, 6.45) is 4.46. The third kappa shape index (κ3) is 4.01. The molecule has 16 heavy (non-hydrogen) atoms. The van der Waals surface area contributed by atoms with Crippen LogP contribution in [-0.4, -0.2) is 13.1 Å². The molecule has 0 aromatic carbocycles. The van der Waals surface area contributed by atoms with Crippen LogP contribution in [0.5, 0.6) is 0 Å². The molecule has 0 aromatic rings. The lowest BCUT2D eigenvalue weighted by Gasteiger charge is -2.33. The first-order valence-electron chi connectivity index (χ1n) is 5.81. The standard InChI is InChI=1S/C10H18N6/c1-2-8-3-9(6-13-15-11)5-10(4-8)7-14-16-12/h8-10H,2-7H2,1H3. The summed E-state index contributed by atoms with van der Waals surface area (Å²) < 4.78 is 0. The van der Waals surface area contributed by atoms with Crippen molar-refractivity contribution < 1.29 is 0 Å². The molecule has 1 saturated carbocycles. The van der Waals surface area contributed by atoms with E-state index in [4.69, 9.17) is 11.1 Å². The predicted molar refractivity (Wildman–Crippen MR) is 62.6 cm³/mol. The Hall–Kier alpha value is -1.38. The molecule has 0 aliphatic heterocycles. The maximum Gasteiger partial charge on any atom is 0.0286 e. The lowest BCUT2D eigenvalue weighted by molar-refractivity contribution is 0.199. The van der Waals surface area contributed by atoms with E-state index in [2.05, 4.69) is 27.0 Å². The Morgan fingerprint density at radius 2 is 1.38 bits per heavy atom. The zero-order valence-corrected chi connectivity index (χ0v) is 9.66. The van der Waals surface area contributed by atoms with Crippen molar-refractivity contribution in [1.82, 2.24) is 0 Å². The van der Waals surface area contributed by atoms with E-state index in [9.17, 15) is 0 Å². The molecular weight excluding hydrogens is 204 g/mol. The average Bonchev–Trinajstić information content (AvgIpc) is 2.33. The van der Waals surface area contributed by atoms with E-state index in [0.29, 0.717) is 30.8 Å². The summed E-state index contributed by atoms with van der Waals surface area (Å²) in [5, 5.41) is 7.31. The Morgan fingerprint density at radius 3 is 1.75 bits per heavy atom. The van der Waals surface area contributed by atoms with E-state index in [1.54, 1.807) is 0 Å². The fourth-order valence-corrected chi connectivity index (χ4v) is 2.64. The highest BCUT2D eigenvalue weighted by Crippen LogP contribution is 2.35. The van der Waals surface area contributed by atoms with Crippen LogP contribution in [0.3, 0.4) is 0 Å². The molecule has 2 atom stereocenters. The second-order valence-corrected chi connectivity index (χ2v) is 4.54. The molecule has 0 spiro atoms. The number of nitrogens with zero attached hydrogens (tertiary/aromatic N) is 6. The van der Waals surface area contributed by atoms with Gasteiger partial charge in [-0.3, -0.25) is 0 Å². The molecule has 88 valence electrons. The van der Waals surface area contributed by atoms with Crippen molar-refractivity contribution >= 4 is 0 Å². The SMILES string of the molecule is CCC1CC(CN=[N+]=[N-])CC(CN=[N+]=[N-])C1. The van der Waals surface area contributed by atoms with Crippen LogP contribution in [0.1, 0.15) is 32.6 Å². The van der Waals surface area contributed by atoms with Crippen LogP contribution in [-0.2, 0) is 0 Å². The normalized spacial score (nSPS) is 28.9. The molecule has 0 heterocycles. The molecular formula is C10H18N6. The second-order valence-electron chi connectivity index (χ2n) is 4.54. The Bertz CT molecular complexity index is 274. The monoisotopic (exact) mass is 222 g/mol. The topological polar surface area (TPSA) is 97.5 Å². The van der Waals surface area contributed by atoms with Crippen LogP contribution in [0.4, 0.5) is 0 Å². The van der Waals surface area contributed by atoms with E-state index in [1.165, 1.54) is 0 Å². The summed E-state index contributed by atoms with van der Waals surface area (Å²) in [7, 11) is 0. The fourth-order valence-electron chi connectivity index (χ4n) is 2.64. The molecule has 0 amide bonds. The highest BCUT2D eigenvalue weighted by molar-refractivity contribution is 4.81. The largest absolute Gasteiger partial charge is 0.0937 e. The van der Waals surface area contributed by atoms with Crippen molar-refractivity contribution in [2.75, 3.05) is 13.1 Å². The first kappa shape index (κ1) is 12.7. The number of rotatable bonds is 5. The molecule has 0 bridgehead atoms. The number of hydrogen-bond acceptors (Lipinski definition) is 2. The van der Waals surface area contributed by atoms with Gasteiger partial charge in [0, 0.05) is 22.9 Å². The van der Waals surface area contributed by atoms with E-state index in [-0.39, 0.29) is 0 Å². The van der Waals surface area contributed by atoms with Gasteiger partial charge in [-0.1, -0.05) is 23.6 Å². The van der Waals surface area contributed by atoms with Crippen LogP contribution in [0.15, 0.2) is 10.2 Å². The third-order valence-corrected chi connectivity index (χ3v) is 3.38. The van der Waals surface area contributed by atoms with Gasteiger partial charge in [0.05, 0.1) is 0 Å². The molecule has 6 heteroatoms. The van der Waals surface area contributed by atoms with Crippen molar-refractivity contribution in [3.63, 3.8) is 0 Å². The Morgan fingerprint density at radius 1 is 0.938 bits per heavy atom. The highest BCUT2D eigenvalue weighted by Gasteiger charge is 2.26. The van der Waals surface area contributed by atoms with Gasteiger partial charge in [0.1, 0.15) is 0 Å². The maximum absolute atomic E-state index is 8.32. The molecule has 0 radical (unpaired) electrons. The number of azide groups is 2. The lowest BCUT2D eigenvalue weighted by atomic mass is 9.74. The maximum atomic E-state index is 8.32. The van der Waals surface area contributed by atoms with Crippen LogP contribution < -0.4 is 0 Å². The predicted octanol–water partition coefficient (Wildman–Crippen LogP) is 4.05. The summed E-state index contributed by atoms with van der Waals surface area (Å²) >= 11 is 0.